The van der Waals surface area contributed by atoms with Gasteiger partial charge in [0.1, 0.15) is 0 Å². The Morgan fingerprint density at radius 3 is 2.79 bits per heavy atom. The standard InChI is InChI=1S/C12H18N4O3/c1-2-3-4-5-13-12(19)14-6-7-16-8-10(11(17)18)15-9-16/h2-3,8-9H,4-7H2,1H3,(H,17,18)(H2,13,14,19)/b3-2+. The van der Waals surface area contributed by atoms with Gasteiger partial charge in [-0.2, -0.15) is 0 Å². The Hall–Kier alpha value is -2.31. The number of hydrogen-bond donors (Lipinski definition) is 3. The third-order valence-electron chi connectivity index (χ3n) is 2.34. The molecule has 7 nitrogen and oxygen atoms in total. The van der Waals surface area contributed by atoms with E-state index in [0.29, 0.717) is 19.6 Å². The second kappa shape index (κ2) is 7.91. The van der Waals surface area contributed by atoms with Crippen LogP contribution in [-0.4, -0.2) is 39.7 Å². The predicted octanol–water partition coefficient (Wildman–Crippen LogP) is 0.847. The Morgan fingerprint density at radius 2 is 2.16 bits per heavy atom. The highest BCUT2D eigenvalue weighted by Crippen LogP contribution is 1.95. The highest BCUT2D eigenvalue weighted by Gasteiger charge is 2.06. The topological polar surface area (TPSA) is 96.3 Å². The van der Waals surface area contributed by atoms with E-state index in [2.05, 4.69) is 15.6 Å². The van der Waals surface area contributed by atoms with E-state index >= 15 is 0 Å². The average Bonchev–Trinajstić information content (AvgIpc) is 2.84. The van der Waals surface area contributed by atoms with Crippen molar-refractivity contribution in [2.24, 2.45) is 0 Å². The Morgan fingerprint density at radius 1 is 1.42 bits per heavy atom. The maximum atomic E-state index is 11.3. The second-order valence-corrected chi connectivity index (χ2v) is 3.84. The van der Waals surface area contributed by atoms with Crippen LogP contribution in [0.1, 0.15) is 23.8 Å². The fourth-order valence-electron chi connectivity index (χ4n) is 1.39. The van der Waals surface area contributed by atoms with E-state index in [-0.39, 0.29) is 11.7 Å². The highest BCUT2D eigenvalue weighted by atomic mass is 16.4. The van der Waals surface area contributed by atoms with Gasteiger partial charge in [0.2, 0.25) is 0 Å². The predicted molar refractivity (Wildman–Crippen MR) is 70.0 cm³/mol. The lowest BCUT2D eigenvalue weighted by Crippen LogP contribution is -2.37. The Labute approximate surface area is 111 Å². The van der Waals surface area contributed by atoms with Crippen LogP contribution >= 0.6 is 0 Å². The molecule has 0 fully saturated rings. The average molecular weight is 266 g/mol. The quantitative estimate of drug-likeness (QED) is 0.503. The minimum absolute atomic E-state index is 0.00388. The maximum Gasteiger partial charge on any atom is 0.356 e. The van der Waals surface area contributed by atoms with E-state index in [4.69, 9.17) is 5.11 Å². The normalized spacial score (nSPS) is 10.6. The van der Waals surface area contributed by atoms with Crippen molar-refractivity contribution in [1.82, 2.24) is 20.2 Å². The first-order chi connectivity index (χ1) is 9.13. The summed E-state index contributed by atoms with van der Waals surface area (Å²) in [5, 5.41) is 14.1. The molecule has 104 valence electrons. The molecule has 0 atom stereocenters. The molecule has 0 aromatic carbocycles. The summed E-state index contributed by atoms with van der Waals surface area (Å²) < 4.78 is 1.61. The molecule has 0 aliphatic heterocycles. The van der Waals surface area contributed by atoms with Gasteiger partial charge < -0.3 is 20.3 Å². The number of amides is 2. The lowest BCUT2D eigenvalue weighted by molar-refractivity contribution is 0.0691. The number of nitrogens with zero attached hydrogens (tertiary/aromatic N) is 2. The molecule has 0 aliphatic rings. The minimum Gasteiger partial charge on any atom is -0.476 e. The van der Waals surface area contributed by atoms with Crippen molar-refractivity contribution in [1.29, 1.82) is 0 Å². The molecule has 1 aromatic rings. The van der Waals surface area contributed by atoms with Gasteiger partial charge in [-0.25, -0.2) is 14.6 Å². The fraction of sp³-hybridized carbons (Fsp3) is 0.417. The van der Waals surface area contributed by atoms with Crippen molar-refractivity contribution in [2.45, 2.75) is 19.9 Å². The first-order valence-corrected chi connectivity index (χ1v) is 6.01. The van der Waals surface area contributed by atoms with Crippen LogP contribution in [0.4, 0.5) is 4.79 Å². The van der Waals surface area contributed by atoms with Crippen molar-refractivity contribution in [2.75, 3.05) is 13.1 Å². The molecule has 0 spiro atoms. The number of rotatable bonds is 7. The zero-order valence-corrected chi connectivity index (χ0v) is 10.8. The minimum atomic E-state index is -1.06. The number of aromatic nitrogens is 2. The van der Waals surface area contributed by atoms with E-state index in [1.54, 1.807) is 4.57 Å². The summed E-state index contributed by atoms with van der Waals surface area (Å²) in [6.07, 6.45) is 7.55. The van der Waals surface area contributed by atoms with Gasteiger partial charge in [0, 0.05) is 25.8 Å². The van der Waals surface area contributed by atoms with Crippen LogP contribution < -0.4 is 10.6 Å². The van der Waals surface area contributed by atoms with Crippen molar-refractivity contribution in [3.05, 3.63) is 30.4 Å². The lowest BCUT2D eigenvalue weighted by Gasteiger charge is -2.06. The molecule has 0 aliphatic carbocycles. The van der Waals surface area contributed by atoms with Crippen LogP contribution in [0.15, 0.2) is 24.7 Å². The maximum absolute atomic E-state index is 11.3. The Kier molecular flexibility index (Phi) is 6.14. The van der Waals surface area contributed by atoms with Crippen molar-refractivity contribution < 1.29 is 14.7 Å². The van der Waals surface area contributed by atoms with Crippen LogP contribution in [0.5, 0.6) is 0 Å². The van der Waals surface area contributed by atoms with Crippen molar-refractivity contribution in [3.8, 4) is 0 Å². The van der Waals surface area contributed by atoms with Crippen molar-refractivity contribution >= 4 is 12.0 Å². The summed E-state index contributed by atoms with van der Waals surface area (Å²) >= 11 is 0. The number of allylic oxidation sites excluding steroid dienone is 1. The second-order valence-electron chi connectivity index (χ2n) is 3.84. The SMILES string of the molecule is C/C=C/CCNC(=O)NCCn1cnc(C(=O)O)c1. The number of aromatic carboxylic acids is 1. The summed E-state index contributed by atoms with van der Waals surface area (Å²) in [5.41, 5.74) is -0.00388. The Balaban J connectivity index is 2.18. The molecule has 2 amide bonds. The molecule has 1 heterocycles. The summed E-state index contributed by atoms with van der Waals surface area (Å²) in [4.78, 5) is 25.7. The molecular formula is C12H18N4O3. The van der Waals surface area contributed by atoms with Gasteiger partial charge in [-0.3, -0.25) is 0 Å². The van der Waals surface area contributed by atoms with Crippen LogP contribution in [-0.2, 0) is 6.54 Å². The van der Waals surface area contributed by atoms with Gasteiger partial charge in [0.15, 0.2) is 5.69 Å². The fourth-order valence-corrected chi connectivity index (χ4v) is 1.39. The van der Waals surface area contributed by atoms with Gasteiger partial charge in [0.25, 0.3) is 0 Å². The van der Waals surface area contributed by atoms with Gasteiger partial charge in [-0.1, -0.05) is 12.2 Å². The highest BCUT2D eigenvalue weighted by molar-refractivity contribution is 5.84. The van der Waals surface area contributed by atoms with Crippen LogP contribution in [0.2, 0.25) is 0 Å². The summed E-state index contributed by atoms with van der Waals surface area (Å²) in [7, 11) is 0. The first-order valence-electron chi connectivity index (χ1n) is 6.01. The van der Waals surface area contributed by atoms with Gasteiger partial charge in [-0.05, 0) is 13.3 Å². The first kappa shape index (κ1) is 14.7. The van der Waals surface area contributed by atoms with Crippen molar-refractivity contribution in [3.63, 3.8) is 0 Å². The van der Waals surface area contributed by atoms with Gasteiger partial charge in [0.05, 0.1) is 6.33 Å². The molecule has 0 unspecified atom stereocenters. The molecule has 19 heavy (non-hydrogen) atoms. The number of urea groups is 1. The van der Waals surface area contributed by atoms with Crippen LogP contribution in [0.3, 0.4) is 0 Å². The molecule has 3 N–H and O–H groups in total. The molecule has 1 aromatic heterocycles. The largest absolute Gasteiger partial charge is 0.476 e. The summed E-state index contributed by atoms with van der Waals surface area (Å²) in [5.74, 6) is -1.06. The summed E-state index contributed by atoms with van der Waals surface area (Å²) in [6.45, 7) is 3.40. The number of hydrogen-bond acceptors (Lipinski definition) is 3. The van der Waals surface area contributed by atoms with Gasteiger partial charge in [-0.15, -0.1) is 0 Å². The molecule has 0 saturated heterocycles. The van der Waals surface area contributed by atoms with E-state index in [9.17, 15) is 9.59 Å². The number of imidazole rings is 1. The smallest absolute Gasteiger partial charge is 0.356 e. The third kappa shape index (κ3) is 5.71. The number of carbonyl (C=O) groups is 2. The number of carboxylic acid groups (broad SMARTS) is 1. The van der Waals surface area contributed by atoms with E-state index in [1.807, 2.05) is 19.1 Å². The van der Waals surface area contributed by atoms with Crippen LogP contribution in [0, 0.1) is 0 Å². The summed E-state index contributed by atoms with van der Waals surface area (Å²) in [6, 6.07) is -0.233. The number of nitrogens with one attached hydrogen (secondary N) is 2. The molecule has 0 saturated carbocycles. The monoisotopic (exact) mass is 266 g/mol. The van der Waals surface area contributed by atoms with E-state index < -0.39 is 5.97 Å². The van der Waals surface area contributed by atoms with Gasteiger partial charge >= 0.3 is 12.0 Å². The molecular weight excluding hydrogens is 248 g/mol. The molecule has 1 rings (SSSR count). The number of carboxylic acids is 1. The lowest BCUT2D eigenvalue weighted by atomic mass is 10.4. The zero-order valence-electron chi connectivity index (χ0n) is 10.8. The molecule has 0 bridgehead atoms. The van der Waals surface area contributed by atoms with Crippen LogP contribution in [0.25, 0.3) is 0 Å². The molecule has 0 radical (unpaired) electrons. The van der Waals surface area contributed by atoms with E-state index in [0.717, 1.165) is 6.42 Å². The number of carbonyl (C=O) groups excluding carboxylic acids is 1. The molecule has 7 heteroatoms. The zero-order chi connectivity index (χ0) is 14.1. The third-order valence-corrected chi connectivity index (χ3v) is 2.34. The van der Waals surface area contributed by atoms with E-state index in [1.165, 1.54) is 12.5 Å². The Bertz CT molecular complexity index is 454.